The van der Waals surface area contributed by atoms with Gasteiger partial charge in [0.25, 0.3) is 0 Å². The van der Waals surface area contributed by atoms with Crippen molar-refractivity contribution < 1.29 is 9.53 Å². The normalized spacial score (nSPS) is 16.6. The Labute approximate surface area is 167 Å². The van der Waals surface area contributed by atoms with Gasteiger partial charge in [-0.1, -0.05) is 11.8 Å². The maximum absolute atomic E-state index is 12.8. The van der Waals surface area contributed by atoms with Crippen LogP contribution in [0.4, 0.5) is 0 Å². The molecule has 1 aliphatic heterocycles. The summed E-state index contributed by atoms with van der Waals surface area (Å²) in [5.74, 6) is 1.07. The molecule has 1 aliphatic rings. The summed E-state index contributed by atoms with van der Waals surface area (Å²) in [6, 6.07) is 5.71. The summed E-state index contributed by atoms with van der Waals surface area (Å²) in [6.07, 6.45) is 5.87. The average molecular weight is 398 g/mol. The van der Waals surface area contributed by atoms with E-state index in [0.717, 1.165) is 48.5 Å². The molecule has 0 saturated carbocycles. The number of nitrogens with one attached hydrogen (secondary N) is 1. The SMILES string of the molecule is Cc1cc(C(=O)CSc2n[nH]c(-c3ccncc3)n2)c(C)n1CC1CCCO1. The maximum Gasteiger partial charge on any atom is 0.209 e. The molecule has 28 heavy (non-hydrogen) atoms. The van der Waals surface area contributed by atoms with E-state index in [4.69, 9.17) is 4.74 Å². The zero-order valence-corrected chi connectivity index (χ0v) is 16.8. The molecule has 7 nitrogen and oxygen atoms in total. The van der Waals surface area contributed by atoms with Crippen molar-refractivity contribution in [1.29, 1.82) is 0 Å². The molecule has 1 saturated heterocycles. The van der Waals surface area contributed by atoms with E-state index in [0.29, 0.717) is 16.7 Å². The molecule has 4 heterocycles. The fourth-order valence-electron chi connectivity index (χ4n) is 3.51. The van der Waals surface area contributed by atoms with Gasteiger partial charge in [-0.15, -0.1) is 5.10 Å². The van der Waals surface area contributed by atoms with Gasteiger partial charge in [-0.25, -0.2) is 4.98 Å². The molecular formula is C20H23N5O2S. The van der Waals surface area contributed by atoms with Gasteiger partial charge in [-0.3, -0.25) is 14.9 Å². The highest BCUT2D eigenvalue weighted by Crippen LogP contribution is 2.23. The Morgan fingerprint density at radius 2 is 2.18 bits per heavy atom. The maximum atomic E-state index is 12.8. The van der Waals surface area contributed by atoms with Crippen LogP contribution >= 0.6 is 11.8 Å². The summed E-state index contributed by atoms with van der Waals surface area (Å²) in [5.41, 5.74) is 3.79. The number of pyridine rings is 1. The van der Waals surface area contributed by atoms with Crippen LogP contribution in [-0.2, 0) is 11.3 Å². The number of ether oxygens (including phenoxy) is 1. The number of ketones is 1. The van der Waals surface area contributed by atoms with Gasteiger partial charge >= 0.3 is 0 Å². The van der Waals surface area contributed by atoms with Crippen molar-refractivity contribution in [3.63, 3.8) is 0 Å². The van der Waals surface area contributed by atoms with Gasteiger partial charge in [-0.05, 0) is 44.9 Å². The number of aromatic amines is 1. The predicted octanol–water partition coefficient (Wildman–Crippen LogP) is 3.44. The molecule has 1 N–H and O–H groups in total. The minimum absolute atomic E-state index is 0.0898. The Morgan fingerprint density at radius 1 is 1.36 bits per heavy atom. The summed E-state index contributed by atoms with van der Waals surface area (Å²) in [6.45, 7) is 5.70. The second-order valence-electron chi connectivity index (χ2n) is 6.94. The molecule has 0 bridgehead atoms. The fourth-order valence-corrected chi connectivity index (χ4v) is 4.20. The van der Waals surface area contributed by atoms with Crippen molar-refractivity contribution in [2.24, 2.45) is 0 Å². The van der Waals surface area contributed by atoms with Crippen molar-refractivity contribution in [3.05, 3.63) is 47.5 Å². The summed E-state index contributed by atoms with van der Waals surface area (Å²) >= 11 is 1.34. The number of nitrogens with zero attached hydrogens (tertiary/aromatic N) is 4. The summed E-state index contributed by atoms with van der Waals surface area (Å²) in [7, 11) is 0. The molecule has 4 rings (SSSR count). The Kier molecular flexibility index (Phi) is 5.59. The number of Topliss-reactive ketones (excluding diaryl/α,β-unsaturated/α-hetero) is 1. The minimum atomic E-state index is 0.0898. The number of aryl methyl sites for hydroxylation is 1. The third-order valence-electron chi connectivity index (χ3n) is 5.04. The molecule has 1 fully saturated rings. The van der Waals surface area contributed by atoms with Gasteiger partial charge in [0.05, 0.1) is 11.9 Å². The first-order valence-electron chi connectivity index (χ1n) is 9.39. The van der Waals surface area contributed by atoms with Crippen LogP contribution in [0.5, 0.6) is 0 Å². The first-order valence-corrected chi connectivity index (χ1v) is 10.4. The highest BCUT2D eigenvalue weighted by molar-refractivity contribution is 7.99. The largest absolute Gasteiger partial charge is 0.376 e. The Hall–Kier alpha value is -2.45. The average Bonchev–Trinajstić information content (AvgIpc) is 3.45. The highest BCUT2D eigenvalue weighted by Gasteiger charge is 2.21. The number of hydrogen-bond donors (Lipinski definition) is 1. The lowest BCUT2D eigenvalue weighted by molar-refractivity contribution is 0.0957. The molecule has 3 aromatic heterocycles. The number of H-pyrrole nitrogens is 1. The van der Waals surface area contributed by atoms with Gasteiger partial charge in [-0.2, -0.15) is 0 Å². The lowest BCUT2D eigenvalue weighted by Crippen LogP contribution is -2.17. The third kappa shape index (κ3) is 4.02. The number of rotatable bonds is 7. The van der Waals surface area contributed by atoms with Gasteiger partial charge < -0.3 is 9.30 Å². The van der Waals surface area contributed by atoms with Gasteiger partial charge in [0.1, 0.15) is 0 Å². The summed E-state index contributed by atoms with van der Waals surface area (Å²) in [5, 5.41) is 7.68. The fraction of sp³-hybridized carbons (Fsp3) is 0.400. The topological polar surface area (TPSA) is 85.7 Å². The van der Waals surface area contributed by atoms with Gasteiger partial charge in [0.2, 0.25) is 5.16 Å². The van der Waals surface area contributed by atoms with Crippen LogP contribution < -0.4 is 0 Å². The Bertz CT molecular complexity index is 960. The molecule has 0 aliphatic carbocycles. The third-order valence-corrected chi connectivity index (χ3v) is 5.88. The number of aromatic nitrogens is 5. The van der Waals surface area contributed by atoms with E-state index in [-0.39, 0.29) is 11.9 Å². The van der Waals surface area contributed by atoms with E-state index in [2.05, 4.69) is 24.7 Å². The van der Waals surface area contributed by atoms with E-state index in [1.807, 2.05) is 32.0 Å². The van der Waals surface area contributed by atoms with Crippen LogP contribution in [0.2, 0.25) is 0 Å². The Morgan fingerprint density at radius 3 is 2.93 bits per heavy atom. The van der Waals surface area contributed by atoms with E-state index in [1.54, 1.807) is 12.4 Å². The van der Waals surface area contributed by atoms with Gasteiger partial charge in [0.15, 0.2) is 11.6 Å². The summed E-state index contributed by atoms with van der Waals surface area (Å²) in [4.78, 5) is 21.2. The lowest BCUT2D eigenvalue weighted by Gasteiger charge is -2.14. The smallest absolute Gasteiger partial charge is 0.209 e. The standard InChI is InChI=1S/C20H23N5O2S/c1-13-10-17(14(2)25(13)11-16-4-3-9-27-16)18(26)12-28-20-22-19(23-24-20)15-5-7-21-8-6-15/h5-8,10,16H,3-4,9,11-12H2,1-2H3,(H,22,23,24). The molecule has 1 unspecified atom stereocenters. The van der Waals surface area contributed by atoms with Crippen LogP contribution in [0.25, 0.3) is 11.4 Å². The van der Waals surface area contributed by atoms with Crippen molar-refractivity contribution in [3.8, 4) is 11.4 Å². The quantitative estimate of drug-likeness (QED) is 0.486. The van der Waals surface area contributed by atoms with Gasteiger partial charge in [0, 0.05) is 48.1 Å². The van der Waals surface area contributed by atoms with Crippen LogP contribution in [0.1, 0.15) is 34.6 Å². The van der Waals surface area contributed by atoms with Crippen molar-refractivity contribution in [2.75, 3.05) is 12.4 Å². The van der Waals surface area contributed by atoms with Crippen LogP contribution in [-0.4, -0.2) is 49.0 Å². The van der Waals surface area contributed by atoms with Crippen LogP contribution in [0.15, 0.2) is 35.7 Å². The molecule has 0 amide bonds. The highest BCUT2D eigenvalue weighted by atomic mass is 32.2. The van der Waals surface area contributed by atoms with Crippen molar-refractivity contribution in [1.82, 2.24) is 24.7 Å². The molecule has 1 atom stereocenters. The number of carbonyl (C=O) groups excluding carboxylic acids is 1. The molecule has 8 heteroatoms. The van der Waals surface area contributed by atoms with Crippen LogP contribution in [0.3, 0.4) is 0 Å². The zero-order chi connectivity index (χ0) is 19.5. The zero-order valence-electron chi connectivity index (χ0n) is 16.0. The number of carbonyl (C=O) groups is 1. The predicted molar refractivity (Wildman–Crippen MR) is 108 cm³/mol. The van der Waals surface area contributed by atoms with Crippen LogP contribution in [0, 0.1) is 13.8 Å². The van der Waals surface area contributed by atoms with E-state index in [1.165, 1.54) is 11.8 Å². The van der Waals surface area contributed by atoms with Crippen molar-refractivity contribution >= 4 is 17.5 Å². The second kappa shape index (κ2) is 8.28. The lowest BCUT2D eigenvalue weighted by atomic mass is 10.2. The Balaban J connectivity index is 1.41. The first kappa shape index (κ1) is 18.9. The first-order chi connectivity index (χ1) is 13.6. The minimum Gasteiger partial charge on any atom is -0.376 e. The molecule has 0 radical (unpaired) electrons. The molecule has 0 aromatic carbocycles. The van der Waals surface area contributed by atoms with Crippen molar-refractivity contribution in [2.45, 2.75) is 44.5 Å². The van der Waals surface area contributed by atoms with E-state index in [9.17, 15) is 4.79 Å². The molecule has 146 valence electrons. The number of thioether (sulfide) groups is 1. The second-order valence-corrected chi connectivity index (χ2v) is 7.89. The molecule has 3 aromatic rings. The molecular weight excluding hydrogens is 374 g/mol. The monoisotopic (exact) mass is 397 g/mol. The van der Waals surface area contributed by atoms with E-state index >= 15 is 0 Å². The molecule has 0 spiro atoms. The summed E-state index contributed by atoms with van der Waals surface area (Å²) < 4.78 is 7.94. The van der Waals surface area contributed by atoms with E-state index < -0.39 is 0 Å². The number of hydrogen-bond acceptors (Lipinski definition) is 6.